The van der Waals surface area contributed by atoms with Crippen molar-refractivity contribution in [3.05, 3.63) is 46.8 Å². The molecule has 0 radical (unpaired) electrons. The van der Waals surface area contributed by atoms with E-state index in [1.807, 2.05) is 0 Å². The van der Waals surface area contributed by atoms with Gasteiger partial charge in [-0.3, -0.25) is 4.68 Å². The smallest absolute Gasteiger partial charge is 0.356 e. The van der Waals surface area contributed by atoms with Crippen LogP contribution >= 0.6 is 0 Å². The maximum atomic E-state index is 14.2. The second kappa shape index (κ2) is 7.65. The maximum absolute atomic E-state index is 14.2. The van der Waals surface area contributed by atoms with Crippen molar-refractivity contribution in [1.29, 1.82) is 0 Å². The van der Waals surface area contributed by atoms with Gasteiger partial charge in [-0.15, -0.1) is 0 Å². The van der Waals surface area contributed by atoms with E-state index in [4.69, 9.17) is 5.73 Å². The first-order chi connectivity index (χ1) is 13.6. The lowest BCUT2D eigenvalue weighted by atomic mass is 9.98. The highest BCUT2D eigenvalue weighted by Gasteiger charge is 2.66. The fraction of sp³-hybridized carbons (Fsp3) is 0.471. The van der Waals surface area contributed by atoms with Gasteiger partial charge >= 0.3 is 23.7 Å². The molecule has 0 spiro atoms. The minimum Gasteiger partial charge on any atom is -0.399 e. The molecular formula is C17H15F10N3. The number of nitrogens with two attached hydrogens (primary N) is 1. The Balaban J connectivity index is 2.66. The lowest BCUT2D eigenvalue weighted by Gasteiger charge is -2.27. The first-order valence-corrected chi connectivity index (χ1v) is 8.17. The average Bonchev–Trinajstić information content (AvgIpc) is 3.09. The summed E-state index contributed by atoms with van der Waals surface area (Å²) in [6.07, 6.45) is -0.0210. The molecule has 1 aromatic heterocycles. The Kier molecular flexibility index (Phi) is 6.07. The second-order valence-corrected chi connectivity index (χ2v) is 6.60. The SMILES string of the molecule is Cc1cc(Cn2cc(C(F)(F)C(F)(F)CF)c(C(F)(F)C(F)(F)CF)n2)ccc1N. The summed E-state index contributed by atoms with van der Waals surface area (Å²) in [5.41, 5.74) is 1.82. The molecule has 0 saturated carbocycles. The quantitative estimate of drug-likeness (QED) is 0.442. The topological polar surface area (TPSA) is 43.8 Å². The van der Waals surface area contributed by atoms with E-state index < -0.39 is 54.8 Å². The molecule has 0 atom stereocenters. The summed E-state index contributed by atoms with van der Waals surface area (Å²) in [5.74, 6) is -22.4. The van der Waals surface area contributed by atoms with Crippen molar-refractivity contribution in [2.24, 2.45) is 0 Å². The number of nitrogens with zero attached hydrogens (tertiary/aromatic N) is 2. The van der Waals surface area contributed by atoms with E-state index >= 15 is 0 Å². The summed E-state index contributed by atoms with van der Waals surface area (Å²) in [5, 5.41) is 2.91. The number of nitrogen functional groups attached to an aromatic ring is 1. The lowest BCUT2D eigenvalue weighted by Crippen LogP contribution is -2.45. The number of alkyl halides is 10. The minimum absolute atomic E-state index is 0.0210. The Morgan fingerprint density at radius 1 is 0.900 bits per heavy atom. The van der Waals surface area contributed by atoms with Crippen LogP contribution in [-0.4, -0.2) is 35.0 Å². The van der Waals surface area contributed by atoms with E-state index in [1.54, 1.807) is 6.92 Å². The summed E-state index contributed by atoms with van der Waals surface area (Å²) in [6, 6.07) is 4.08. The van der Waals surface area contributed by atoms with Crippen LogP contribution in [0.15, 0.2) is 24.4 Å². The number of benzene rings is 1. The molecule has 1 aromatic carbocycles. The van der Waals surface area contributed by atoms with Gasteiger partial charge in [-0.05, 0) is 24.1 Å². The zero-order valence-electron chi connectivity index (χ0n) is 15.2. The molecule has 1 heterocycles. The molecule has 30 heavy (non-hydrogen) atoms. The van der Waals surface area contributed by atoms with Crippen LogP contribution < -0.4 is 5.73 Å². The first-order valence-electron chi connectivity index (χ1n) is 8.17. The van der Waals surface area contributed by atoms with Crippen molar-refractivity contribution in [1.82, 2.24) is 9.78 Å². The number of hydrogen-bond donors (Lipinski definition) is 1. The van der Waals surface area contributed by atoms with E-state index in [9.17, 15) is 43.9 Å². The maximum Gasteiger partial charge on any atom is 0.356 e. The highest BCUT2D eigenvalue weighted by Crippen LogP contribution is 2.50. The number of anilines is 1. The van der Waals surface area contributed by atoms with E-state index in [0.29, 0.717) is 11.3 Å². The fourth-order valence-electron chi connectivity index (χ4n) is 2.53. The predicted octanol–water partition coefficient (Wildman–Crippen LogP) is 5.22. The molecule has 0 aliphatic carbocycles. The minimum atomic E-state index is -5.69. The Labute approximate surface area is 163 Å². The van der Waals surface area contributed by atoms with Gasteiger partial charge in [0.05, 0.1) is 12.1 Å². The van der Waals surface area contributed by atoms with Crippen molar-refractivity contribution in [3.63, 3.8) is 0 Å². The molecule has 0 unspecified atom stereocenters. The van der Waals surface area contributed by atoms with E-state index in [1.165, 1.54) is 18.2 Å². The van der Waals surface area contributed by atoms with Gasteiger partial charge in [0.2, 0.25) is 0 Å². The standard InChI is InChI=1S/C17H15F10N3/c1-9-4-10(2-3-12(9)28)5-30-6-11(16(24,25)14(20,21)7-18)13(29-30)17(26,27)15(22,23)8-19/h2-4,6H,5,7-8,28H2,1H3. The summed E-state index contributed by atoms with van der Waals surface area (Å²) in [7, 11) is 0. The summed E-state index contributed by atoms with van der Waals surface area (Å²) < 4.78 is 135. The Hall–Kier alpha value is -2.47. The van der Waals surface area contributed by atoms with E-state index in [-0.39, 0.29) is 16.4 Å². The zero-order valence-corrected chi connectivity index (χ0v) is 15.2. The molecule has 0 saturated heterocycles. The van der Waals surface area contributed by atoms with Crippen LogP contribution in [0.3, 0.4) is 0 Å². The number of halogens is 10. The summed E-state index contributed by atoms with van der Waals surface area (Å²) >= 11 is 0. The molecule has 2 N–H and O–H groups in total. The molecule has 0 bridgehead atoms. The van der Waals surface area contributed by atoms with Crippen LogP contribution in [0.25, 0.3) is 0 Å². The molecule has 0 amide bonds. The third-order valence-electron chi connectivity index (χ3n) is 4.33. The molecule has 0 fully saturated rings. The van der Waals surface area contributed by atoms with Gasteiger partial charge in [-0.1, -0.05) is 12.1 Å². The van der Waals surface area contributed by atoms with Crippen LogP contribution in [-0.2, 0) is 18.4 Å². The molecule has 3 nitrogen and oxygen atoms in total. The molecular weight excluding hydrogens is 436 g/mol. The highest BCUT2D eigenvalue weighted by atomic mass is 19.3. The van der Waals surface area contributed by atoms with Crippen LogP contribution in [0.1, 0.15) is 22.4 Å². The lowest BCUT2D eigenvalue weighted by molar-refractivity contribution is -0.238. The fourth-order valence-corrected chi connectivity index (χ4v) is 2.53. The third kappa shape index (κ3) is 3.93. The van der Waals surface area contributed by atoms with Crippen LogP contribution in [0.4, 0.5) is 49.6 Å². The third-order valence-corrected chi connectivity index (χ3v) is 4.33. The van der Waals surface area contributed by atoms with Gasteiger partial charge in [0.1, 0.15) is 5.69 Å². The van der Waals surface area contributed by atoms with E-state index in [2.05, 4.69) is 5.10 Å². The van der Waals surface area contributed by atoms with Gasteiger partial charge in [0.25, 0.3) is 0 Å². The van der Waals surface area contributed by atoms with Crippen molar-refractivity contribution >= 4 is 5.69 Å². The summed E-state index contributed by atoms with van der Waals surface area (Å²) in [6.45, 7) is -4.98. The first kappa shape index (κ1) is 23.8. The number of aromatic nitrogens is 2. The summed E-state index contributed by atoms with van der Waals surface area (Å²) in [4.78, 5) is 0. The van der Waals surface area contributed by atoms with Gasteiger partial charge in [0.15, 0.2) is 13.3 Å². The monoisotopic (exact) mass is 451 g/mol. The number of hydrogen-bond acceptors (Lipinski definition) is 2. The zero-order chi connectivity index (χ0) is 23.1. The molecule has 2 rings (SSSR count). The average molecular weight is 451 g/mol. The predicted molar refractivity (Wildman–Crippen MR) is 86.6 cm³/mol. The Morgan fingerprint density at radius 2 is 1.43 bits per heavy atom. The van der Waals surface area contributed by atoms with Crippen molar-refractivity contribution in [2.75, 3.05) is 19.1 Å². The molecule has 168 valence electrons. The molecule has 0 aliphatic heterocycles. The van der Waals surface area contributed by atoms with Crippen LogP contribution in [0.2, 0.25) is 0 Å². The molecule has 13 heteroatoms. The Morgan fingerprint density at radius 3 is 1.93 bits per heavy atom. The van der Waals surface area contributed by atoms with Crippen molar-refractivity contribution < 1.29 is 43.9 Å². The van der Waals surface area contributed by atoms with E-state index in [0.717, 1.165) is 0 Å². The van der Waals surface area contributed by atoms with Crippen LogP contribution in [0, 0.1) is 6.92 Å². The van der Waals surface area contributed by atoms with Gasteiger partial charge in [-0.2, -0.15) is 40.2 Å². The number of rotatable bonds is 8. The second-order valence-electron chi connectivity index (χ2n) is 6.60. The number of aryl methyl sites for hydroxylation is 1. The molecule has 2 aromatic rings. The van der Waals surface area contributed by atoms with Gasteiger partial charge in [0, 0.05) is 11.9 Å². The molecule has 0 aliphatic rings. The van der Waals surface area contributed by atoms with Gasteiger partial charge in [-0.25, -0.2) is 8.78 Å². The normalized spacial score (nSPS) is 13.7. The Bertz CT molecular complexity index is 862. The highest BCUT2D eigenvalue weighted by molar-refractivity contribution is 5.47. The van der Waals surface area contributed by atoms with Crippen molar-refractivity contribution in [3.8, 4) is 0 Å². The van der Waals surface area contributed by atoms with Gasteiger partial charge < -0.3 is 5.73 Å². The van der Waals surface area contributed by atoms with Crippen LogP contribution in [0.5, 0.6) is 0 Å². The largest absolute Gasteiger partial charge is 0.399 e. The van der Waals surface area contributed by atoms with Crippen molar-refractivity contribution in [2.45, 2.75) is 37.2 Å².